The monoisotopic (exact) mass is 377 g/mol. The van der Waals surface area contributed by atoms with E-state index in [2.05, 4.69) is 5.32 Å². The van der Waals surface area contributed by atoms with Crippen molar-refractivity contribution in [3.05, 3.63) is 64.4 Å². The lowest BCUT2D eigenvalue weighted by atomic mass is 9.85. The molecule has 0 saturated heterocycles. The smallest absolute Gasteiger partial charge is 0.332 e. The summed E-state index contributed by atoms with van der Waals surface area (Å²) in [7, 11) is 0. The van der Waals surface area contributed by atoms with Crippen molar-refractivity contribution in [2.24, 2.45) is 0 Å². The number of benzene rings is 1. The maximum absolute atomic E-state index is 15.1. The van der Waals surface area contributed by atoms with Crippen molar-refractivity contribution in [3.8, 4) is 0 Å². The molecule has 0 heterocycles. The molecule has 142 valence electrons. The summed E-state index contributed by atoms with van der Waals surface area (Å²) in [5.41, 5.74) is -1.89. The Labute approximate surface area is 154 Å². The van der Waals surface area contributed by atoms with Crippen LogP contribution in [0.25, 0.3) is 5.57 Å². The van der Waals surface area contributed by atoms with Gasteiger partial charge in [0.2, 0.25) is 0 Å². The van der Waals surface area contributed by atoms with Crippen molar-refractivity contribution < 1.29 is 27.9 Å². The van der Waals surface area contributed by atoms with E-state index in [0.29, 0.717) is 17.6 Å². The fraction of sp³-hybridized carbons (Fsp3) is 0.300. The van der Waals surface area contributed by atoms with Gasteiger partial charge < -0.3 is 10.4 Å². The second-order valence-corrected chi connectivity index (χ2v) is 6.84. The number of aliphatic carboxylic acids is 1. The van der Waals surface area contributed by atoms with Crippen LogP contribution in [0, 0.1) is 5.82 Å². The van der Waals surface area contributed by atoms with Gasteiger partial charge in [-0.05, 0) is 55.5 Å². The summed E-state index contributed by atoms with van der Waals surface area (Å²) in [5, 5.41) is 11.4. The van der Waals surface area contributed by atoms with Crippen LogP contribution in [0.1, 0.15) is 38.2 Å². The van der Waals surface area contributed by atoms with Gasteiger partial charge in [0.1, 0.15) is 11.6 Å². The Bertz CT molecular complexity index is 896. The van der Waals surface area contributed by atoms with Gasteiger partial charge in [0.25, 0.3) is 5.91 Å². The summed E-state index contributed by atoms with van der Waals surface area (Å²) in [6.07, 6.45) is 1.90. The number of alkyl halides is 1. The zero-order valence-electron chi connectivity index (χ0n) is 14.6. The normalized spacial score (nSPS) is 22.7. The fourth-order valence-electron chi connectivity index (χ4n) is 3.43. The van der Waals surface area contributed by atoms with Crippen molar-refractivity contribution in [2.45, 2.75) is 38.3 Å². The van der Waals surface area contributed by atoms with E-state index < -0.39 is 34.9 Å². The van der Waals surface area contributed by atoms with E-state index in [1.165, 1.54) is 24.3 Å². The van der Waals surface area contributed by atoms with E-state index in [9.17, 15) is 18.4 Å². The zero-order chi connectivity index (χ0) is 19.8. The molecular weight excluding hydrogens is 359 g/mol. The van der Waals surface area contributed by atoms with Gasteiger partial charge in [0, 0.05) is 17.6 Å². The van der Waals surface area contributed by atoms with Crippen LogP contribution >= 0.6 is 0 Å². The number of nitrogens with one attached hydrogen (secondary N) is 1. The van der Waals surface area contributed by atoms with Crippen LogP contribution < -0.4 is 5.32 Å². The van der Waals surface area contributed by atoms with Crippen molar-refractivity contribution in [2.75, 3.05) is 0 Å². The Morgan fingerprint density at radius 2 is 1.74 bits per heavy atom. The number of allylic oxidation sites excluding steroid dienone is 4. The minimum Gasteiger partial charge on any atom is -0.478 e. The molecule has 3 rings (SSSR count). The molecule has 1 atom stereocenters. The second-order valence-electron chi connectivity index (χ2n) is 6.84. The average Bonchev–Trinajstić information content (AvgIpc) is 3.08. The summed E-state index contributed by atoms with van der Waals surface area (Å²) in [6.45, 7) is 1.14. The predicted molar refractivity (Wildman–Crippen MR) is 93.3 cm³/mol. The van der Waals surface area contributed by atoms with Crippen LogP contribution in [0.2, 0.25) is 0 Å². The molecule has 1 aromatic carbocycles. The number of carbonyl (C=O) groups is 2. The molecule has 0 saturated carbocycles. The molecule has 1 amide bonds. The first-order valence-corrected chi connectivity index (χ1v) is 8.51. The number of carbonyl (C=O) groups excluding carboxylic acids is 1. The topological polar surface area (TPSA) is 66.4 Å². The molecule has 0 aromatic heterocycles. The molecule has 0 spiro atoms. The minimum absolute atomic E-state index is 0.0209. The van der Waals surface area contributed by atoms with E-state index in [1.807, 2.05) is 0 Å². The van der Waals surface area contributed by atoms with Gasteiger partial charge in [-0.2, -0.15) is 0 Å². The fourth-order valence-corrected chi connectivity index (χ4v) is 3.43. The maximum atomic E-state index is 15.1. The zero-order valence-corrected chi connectivity index (χ0v) is 14.6. The number of halogens is 3. The number of amides is 1. The molecule has 0 aliphatic heterocycles. The molecular formula is C20H18F3NO3. The number of hydrogen-bond acceptors (Lipinski definition) is 2. The van der Waals surface area contributed by atoms with Crippen molar-refractivity contribution >= 4 is 17.4 Å². The standard InChI is InChI=1S/C20H18F3NO3/c1-20(23)10-12(11-5-7-13(21)8-6-11)9-16(22)17(20)24-18(25)14-3-2-4-15(14)19(26)27/h5-9H,2-4,10H2,1H3,(H,24,25)(H,26,27). The minimum atomic E-state index is -2.21. The molecule has 0 radical (unpaired) electrons. The van der Waals surface area contributed by atoms with Crippen LogP contribution in [-0.2, 0) is 9.59 Å². The van der Waals surface area contributed by atoms with Crippen LogP contribution in [0.15, 0.2) is 53.0 Å². The van der Waals surface area contributed by atoms with Crippen molar-refractivity contribution in [1.29, 1.82) is 0 Å². The Morgan fingerprint density at radius 3 is 2.33 bits per heavy atom. The predicted octanol–water partition coefficient (Wildman–Crippen LogP) is 4.20. The van der Waals surface area contributed by atoms with Crippen LogP contribution in [-0.4, -0.2) is 22.7 Å². The van der Waals surface area contributed by atoms with E-state index in [1.54, 1.807) is 0 Å². The highest BCUT2D eigenvalue weighted by Gasteiger charge is 2.38. The lowest BCUT2D eigenvalue weighted by molar-refractivity contribution is -0.133. The summed E-state index contributed by atoms with van der Waals surface area (Å²) in [4.78, 5) is 23.6. The van der Waals surface area contributed by atoms with Gasteiger partial charge in [-0.3, -0.25) is 4.79 Å². The largest absolute Gasteiger partial charge is 0.478 e. The van der Waals surface area contributed by atoms with E-state index in [0.717, 1.165) is 13.0 Å². The highest BCUT2D eigenvalue weighted by atomic mass is 19.1. The molecule has 1 aromatic rings. The summed E-state index contributed by atoms with van der Waals surface area (Å²) in [6, 6.07) is 5.25. The first kappa shape index (κ1) is 18.9. The van der Waals surface area contributed by atoms with E-state index in [-0.39, 0.29) is 30.4 Å². The van der Waals surface area contributed by atoms with Crippen LogP contribution in [0.3, 0.4) is 0 Å². The van der Waals surface area contributed by atoms with Crippen molar-refractivity contribution in [1.82, 2.24) is 5.32 Å². The quantitative estimate of drug-likeness (QED) is 0.826. The Balaban J connectivity index is 1.91. The first-order chi connectivity index (χ1) is 12.7. The molecule has 0 bridgehead atoms. The van der Waals surface area contributed by atoms with Gasteiger partial charge in [0.05, 0.1) is 5.70 Å². The average molecular weight is 377 g/mol. The Hall–Kier alpha value is -2.83. The molecule has 2 N–H and O–H groups in total. The lowest BCUT2D eigenvalue weighted by Crippen LogP contribution is -2.38. The van der Waals surface area contributed by atoms with Gasteiger partial charge >= 0.3 is 5.97 Å². The maximum Gasteiger partial charge on any atom is 0.332 e. The van der Waals surface area contributed by atoms with E-state index >= 15 is 4.39 Å². The molecule has 0 fully saturated rings. The van der Waals surface area contributed by atoms with Crippen molar-refractivity contribution in [3.63, 3.8) is 0 Å². The number of hydrogen-bond donors (Lipinski definition) is 2. The Kier molecular flexibility index (Phi) is 4.95. The number of carboxylic acid groups (broad SMARTS) is 1. The van der Waals surface area contributed by atoms with Gasteiger partial charge in [-0.1, -0.05) is 12.1 Å². The number of carboxylic acids is 1. The summed E-state index contributed by atoms with van der Waals surface area (Å²) in [5.74, 6) is -3.40. The van der Waals surface area contributed by atoms with E-state index in [4.69, 9.17) is 5.11 Å². The second kappa shape index (κ2) is 7.06. The summed E-state index contributed by atoms with van der Waals surface area (Å²) >= 11 is 0. The first-order valence-electron chi connectivity index (χ1n) is 8.51. The third kappa shape index (κ3) is 3.82. The molecule has 4 nitrogen and oxygen atoms in total. The highest BCUT2D eigenvalue weighted by Crippen LogP contribution is 2.40. The molecule has 2 aliphatic carbocycles. The third-order valence-corrected chi connectivity index (χ3v) is 4.79. The molecule has 1 unspecified atom stereocenters. The molecule has 27 heavy (non-hydrogen) atoms. The van der Waals surface area contributed by atoms with Crippen LogP contribution in [0.5, 0.6) is 0 Å². The highest BCUT2D eigenvalue weighted by molar-refractivity contribution is 6.03. The SMILES string of the molecule is CC1(F)CC(c2ccc(F)cc2)=CC(F)=C1NC(=O)C1=C(C(=O)O)CCC1. The number of rotatable bonds is 4. The van der Waals surface area contributed by atoms with Gasteiger partial charge in [-0.25, -0.2) is 18.0 Å². The van der Waals surface area contributed by atoms with Crippen LogP contribution in [0.4, 0.5) is 13.2 Å². The van der Waals surface area contributed by atoms with Gasteiger partial charge in [-0.15, -0.1) is 0 Å². The molecule has 2 aliphatic rings. The summed E-state index contributed by atoms with van der Waals surface area (Å²) < 4.78 is 42.8. The lowest BCUT2D eigenvalue weighted by Gasteiger charge is -2.29. The Morgan fingerprint density at radius 1 is 1.11 bits per heavy atom. The molecule has 7 heteroatoms. The third-order valence-electron chi connectivity index (χ3n) is 4.79. The van der Waals surface area contributed by atoms with Gasteiger partial charge in [0.15, 0.2) is 5.67 Å².